The summed E-state index contributed by atoms with van der Waals surface area (Å²) in [6, 6.07) is 3.26. The molecule has 1 aromatic carbocycles. The van der Waals surface area contributed by atoms with Crippen LogP contribution in [-0.2, 0) is 0 Å². The number of ketones is 1. The minimum Gasteiger partial charge on any atom is -0.495 e. The van der Waals surface area contributed by atoms with Gasteiger partial charge in [0.15, 0.2) is 5.78 Å². The van der Waals surface area contributed by atoms with E-state index in [4.69, 9.17) is 27.9 Å². The first-order valence-corrected chi connectivity index (χ1v) is 5.43. The molecule has 0 fully saturated rings. The highest BCUT2D eigenvalue weighted by Crippen LogP contribution is 2.34. The summed E-state index contributed by atoms with van der Waals surface area (Å²) >= 11 is 14.6. The normalized spacial score (nSPS) is 10.0. The van der Waals surface area contributed by atoms with Gasteiger partial charge in [0.25, 0.3) is 0 Å². The van der Waals surface area contributed by atoms with Gasteiger partial charge in [0.1, 0.15) is 5.75 Å². The number of rotatable bonds is 3. The maximum Gasteiger partial charge on any atom is 0.178 e. The third kappa shape index (κ3) is 2.22. The lowest BCUT2D eigenvalue weighted by Crippen LogP contribution is -2.02. The molecule has 0 atom stereocenters. The Labute approximate surface area is 100 Å². The lowest BCUT2D eigenvalue weighted by atomic mass is 10.1. The molecule has 0 bridgehead atoms. The monoisotopic (exact) mass is 296 g/mol. The minimum absolute atomic E-state index is 0.0682. The predicted molar refractivity (Wildman–Crippen MR) is 60.8 cm³/mol. The van der Waals surface area contributed by atoms with E-state index in [1.807, 2.05) is 0 Å². The van der Waals surface area contributed by atoms with E-state index in [1.54, 1.807) is 12.1 Å². The van der Waals surface area contributed by atoms with Crippen LogP contribution in [0.25, 0.3) is 0 Å². The topological polar surface area (TPSA) is 26.3 Å². The molecular formula is C9H7BrCl2O2. The van der Waals surface area contributed by atoms with Crippen LogP contribution in [0.3, 0.4) is 0 Å². The average molecular weight is 298 g/mol. The Balaban J connectivity index is 3.24. The Morgan fingerprint density at radius 3 is 2.71 bits per heavy atom. The maximum atomic E-state index is 11.3. The van der Waals surface area contributed by atoms with Crippen molar-refractivity contribution in [3.05, 3.63) is 27.2 Å². The lowest BCUT2D eigenvalue weighted by Gasteiger charge is -2.07. The van der Waals surface area contributed by atoms with Gasteiger partial charge in [-0.05, 0) is 28.1 Å². The first-order valence-electron chi connectivity index (χ1n) is 3.73. The Morgan fingerprint density at radius 2 is 2.21 bits per heavy atom. The largest absolute Gasteiger partial charge is 0.495 e. The van der Waals surface area contributed by atoms with Crippen molar-refractivity contribution >= 4 is 44.9 Å². The standard InChI is InChI=1S/C9H7BrCl2O2/c1-14-7-3-2-5(6(13)4-11)8(10)9(7)12/h2-3H,4H2,1H3. The molecule has 0 saturated carbocycles. The van der Waals surface area contributed by atoms with E-state index in [1.165, 1.54) is 7.11 Å². The van der Waals surface area contributed by atoms with Crippen LogP contribution in [0.15, 0.2) is 16.6 Å². The van der Waals surface area contributed by atoms with Crippen LogP contribution >= 0.6 is 39.1 Å². The number of hydrogen-bond donors (Lipinski definition) is 0. The van der Waals surface area contributed by atoms with E-state index < -0.39 is 0 Å². The smallest absolute Gasteiger partial charge is 0.178 e. The summed E-state index contributed by atoms with van der Waals surface area (Å²) in [5.74, 6) is 0.272. The molecule has 0 saturated heterocycles. The van der Waals surface area contributed by atoms with Crippen LogP contribution in [0.5, 0.6) is 5.75 Å². The second-order valence-electron chi connectivity index (χ2n) is 2.50. The van der Waals surface area contributed by atoms with Gasteiger partial charge in [-0.3, -0.25) is 4.79 Å². The molecule has 14 heavy (non-hydrogen) atoms. The SMILES string of the molecule is COc1ccc(C(=O)CCl)c(Br)c1Cl. The minimum atomic E-state index is -0.178. The summed E-state index contributed by atoms with van der Waals surface area (Å²) in [7, 11) is 1.51. The summed E-state index contributed by atoms with van der Waals surface area (Å²) < 4.78 is 5.51. The van der Waals surface area contributed by atoms with Crippen LogP contribution in [0.2, 0.25) is 5.02 Å². The average Bonchev–Trinajstić information content (AvgIpc) is 2.21. The Bertz CT molecular complexity index is 366. The maximum absolute atomic E-state index is 11.3. The van der Waals surface area contributed by atoms with Gasteiger partial charge in [-0.2, -0.15) is 0 Å². The molecule has 0 aliphatic rings. The number of hydrogen-bond acceptors (Lipinski definition) is 2. The fraction of sp³-hybridized carbons (Fsp3) is 0.222. The molecule has 0 radical (unpaired) electrons. The van der Waals surface area contributed by atoms with Gasteiger partial charge in [-0.25, -0.2) is 0 Å². The van der Waals surface area contributed by atoms with Crippen molar-refractivity contribution < 1.29 is 9.53 Å². The highest BCUT2D eigenvalue weighted by Gasteiger charge is 2.14. The summed E-state index contributed by atoms with van der Waals surface area (Å²) in [4.78, 5) is 11.3. The lowest BCUT2D eigenvalue weighted by molar-refractivity contribution is 0.102. The third-order valence-electron chi connectivity index (χ3n) is 1.69. The molecule has 5 heteroatoms. The van der Waals surface area contributed by atoms with Gasteiger partial charge in [-0.15, -0.1) is 11.6 Å². The van der Waals surface area contributed by atoms with Gasteiger partial charge in [0.2, 0.25) is 0 Å². The first kappa shape index (κ1) is 11.8. The van der Waals surface area contributed by atoms with Gasteiger partial charge in [-0.1, -0.05) is 11.6 Å². The summed E-state index contributed by atoms with van der Waals surface area (Å²) in [5, 5.41) is 0.378. The Morgan fingerprint density at radius 1 is 1.57 bits per heavy atom. The van der Waals surface area contributed by atoms with Crippen LogP contribution in [0.1, 0.15) is 10.4 Å². The fourth-order valence-corrected chi connectivity index (χ4v) is 1.91. The zero-order valence-electron chi connectivity index (χ0n) is 7.31. The van der Waals surface area contributed by atoms with E-state index >= 15 is 0 Å². The molecule has 2 nitrogen and oxygen atoms in total. The number of benzene rings is 1. The van der Waals surface area contributed by atoms with Gasteiger partial charge >= 0.3 is 0 Å². The van der Waals surface area contributed by atoms with Gasteiger partial charge < -0.3 is 4.74 Å². The predicted octanol–water partition coefficient (Wildman–Crippen LogP) is 3.53. The number of carbonyl (C=O) groups excluding carboxylic acids is 1. The molecular weight excluding hydrogens is 291 g/mol. The Kier molecular flexibility index (Phi) is 4.23. The summed E-state index contributed by atoms with van der Waals surface area (Å²) in [6.45, 7) is 0. The second kappa shape index (κ2) is 5.01. The van der Waals surface area contributed by atoms with Crippen LogP contribution in [-0.4, -0.2) is 18.8 Å². The molecule has 0 amide bonds. The van der Waals surface area contributed by atoms with Crippen LogP contribution in [0.4, 0.5) is 0 Å². The first-order chi connectivity index (χ1) is 6.61. The molecule has 1 aromatic rings. The van der Waals surface area contributed by atoms with Crippen molar-refractivity contribution in [2.75, 3.05) is 13.0 Å². The molecule has 0 unspecified atom stereocenters. The quantitative estimate of drug-likeness (QED) is 0.630. The zero-order valence-corrected chi connectivity index (χ0v) is 10.4. The number of carbonyl (C=O) groups is 1. The summed E-state index contributed by atoms with van der Waals surface area (Å²) in [6.07, 6.45) is 0. The van der Waals surface area contributed by atoms with E-state index in [9.17, 15) is 4.79 Å². The van der Waals surface area contributed by atoms with Gasteiger partial charge in [0, 0.05) is 5.56 Å². The zero-order chi connectivity index (χ0) is 10.7. The van der Waals surface area contributed by atoms with Crippen molar-refractivity contribution in [2.45, 2.75) is 0 Å². The van der Waals surface area contributed by atoms with Crippen LogP contribution < -0.4 is 4.74 Å². The van der Waals surface area contributed by atoms with E-state index in [2.05, 4.69) is 15.9 Å². The Hall–Kier alpha value is -0.250. The molecule has 0 spiro atoms. The van der Waals surface area contributed by atoms with Crippen molar-refractivity contribution in [3.8, 4) is 5.75 Å². The highest BCUT2D eigenvalue weighted by atomic mass is 79.9. The molecule has 1 rings (SSSR count). The van der Waals surface area contributed by atoms with Crippen molar-refractivity contribution in [3.63, 3.8) is 0 Å². The van der Waals surface area contributed by atoms with E-state index in [0.717, 1.165) is 0 Å². The summed E-state index contributed by atoms with van der Waals surface area (Å²) in [5.41, 5.74) is 0.464. The van der Waals surface area contributed by atoms with E-state index in [-0.39, 0.29) is 11.7 Å². The number of methoxy groups -OCH3 is 1. The molecule has 76 valence electrons. The number of halogens is 3. The fourth-order valence-electron chi connectivity index (χ4n) is 0.977. The van der Waals surface area contributed by atoms with Gasteiger partial charge in [0.05, 0.1) is 22.5 Å². The highest BCUT2D eigenvalue weighted by molar-refractivity contribution is 9.10. The van der Waals surface area contributed by atoms with E-state index in [0.29, 0.717) is 20.8 Å². The second-order valence-corrected chi connectivity index (χ2v) is 3.94. The molecule has 0 aliphatic heterocycles. The van der Waals surface area contributed by atoms with Crippen LogP contribution in [0, 0.1) is 0 Å². The molecule has 0 N–H and O–H groups in total. The third-order valence-corrected chi connectivity index (χ3v) is 3.36. The molecule has 0 aromatic heterocycles. The number of ether oxygens (including phenoxy) is 1. The molecule has 0 heterocycles. The molecule has 0 aliphatic carbocycles. The van der Waals surface area contributed by atoms with Crippen molar-refractivity contribution in [1.29, 1.82) is 0 Å². The number of alkyl halides is 1. The number of Topliss-reactive ketones (excluding diaryl/α,β-unsaturated/α-hetero) is 1. The van der Waals surface area contributed by atoms with Crippen molar-refractivity contribution in [2.24, 2.45) is 0 Å². The van der Waals surface area contributed by atoms with Crippen molar-refractivity contribution in [1.82, 2.24) is 0 Å².